The predicted octanol–water partition coefficient (Wildman–Crippen LogP) is 5.14. The predicted molar refractivity (Wildman–Crippen MR) is 116 cm³/mol. The van der Waals surface area contributed by atoms with Gasteiger partial charge in [-0.3, -0.25) is 9.36 Å². The molecule has 1 aliphatic rings. The standard InChI is InChI=1S/C22H13BrF3N3O3/c23-12-2-4-13(5-3-12)29-20-14(6-8-17(28-20)22(24,25)26)19(27)18(21(29)30)11-1-7-15-16(9-11)32-10-31-15/h1-9H,10,27H2. The summed E-state index contributed by atoms with van der Waals surface area (Å²) in [4.78, 5) is 17.4. The second-order valence-corrected chi connectivity index (χ2v) is 7.95. The van der Waals surface area contributed by atoms with Crippen LogP contribution in [0.4, 0.5) is 18.9 Å². The van der Waals surface area contributed by atoms with Crippen molar-refractivity contribution >= 4 is 32.7 Å². The van der Waals surface area contributed by atoms with Crippen molar-refractivity contribution in [2.45, 2.75) is 6.18 Å². The van der Waals surface area contributed by atoms with Crippen molar-refractivity contribution in [1.82, 2.24) is 9.55 Å². The molecule has 5 rings (SSSR count). The van der Waals surface area contributed by atoms with Crippen molar-refractivity contribution < 1.29 is 22.6 Å². The summed E-state index contributed by atoms with van der Waals surface area (Å²) >= 11 is 3.32. The Hall–Kier alpha value is -3.53. The average Bonchev–Trinajstić information content (AvgIpc) is 3.22. The van der Waals surface area contributed by atoms with E-state index in [0.717, 1.165) is 15.1 Å². The highest BCUT2D eigenvalue weighted by molar-refractivity contribution is 9.10. The molecule has 162 valence electrons. The lowest BCUT2D eigenvalue weighted by Crippen LogP contribution is -2.24. The molecule has 2 aromatic carbocycles. The van der Waals surface area contributed by atoms with Crippen molar-refractivity contribution in [1.29, 1.82) is 0 Å². The summed E-state index contributed by atoms with van der Waals surface area (Å²) < 4.78 is 52.7. The Kier molecular flexibility index (Phi) is 4.63. The molecule has 0 saturated heterocycles. The first kappa shape index (κ1) is 20.4. The van der Waals surface area contributed by atoms with Crippen LogP contribution in [-0.4, -0.2) is 16.3 Å². The molecule has 4 aromatic rings. The Bertz CT molecular complexity index is 1430. The van der Waals surface area contributed by atoms with Crippen molar-refractivity contribution in [3.8, 4) is 28.3 Å². The number of rotatable bonds is 2. The first-order chi connectivity index (χ1) is 15.2. The molecule has 0 radical (unpaired) electrons. The lowest BCUT2D eigenvalue weighted by Gasteiger charge is -2.17. The van der Waals surface area contributed by atoms with Gasteiger partial charge in [0.05, 0.1) is 16.9 Å². The summed E-state index contributed by atoms with van der Waals surface area (Å²) in [6.07, 6.45) is -4.68. The normalized spacial score (nSPS) is 13.0. The van der Waals surface area contributed by atoms with Crippen molar-refractivity contribution in [3.63, 3.8) is 0 Å². The van der Waals surface area contributed by atoms with E-state index in [9.17, 15) is 18.0 Å². The molecule has 1 aliphatic heterocycles. The molecule has 0 unspecified atom stereocenters. The third-order valence-corrected chi connectivity index (χ3v) is 5.63. The van der Waals surface area contributed by atoms with Gasteiger partial charge in [0.25, 0.3) is 5.56 Å². The zero-order chi connectivity index (χ0) is 22.6. The third-order valence-electron chi connectivity index (χ3n) is 5.10. The molecule has 0 fully saturated rings. The van der Waals surface area contributed by atoms with Gasteiger partial charge in [0, 0.05) is 9.86 Å². The smallest absolute Gasteiger partial charge is 0.433 e. The van der Waals surface area contributed by atoms with E-state index in [4.69, 9.17) is 15.2 Å². The van der Waals surface area contributed by atoms with E-state index in [1.54, 1.807) is 42.5 Å². The third kappa shape index (κ3) is 3.27. The molecule has 0 saturated carbocycles. The molecule has 6 nitrogen and oxygen atoms in total. The Morgan fingerprint density at radius 3 is 2.44 bits per heavy atom. The van der Waals surface area contributed by atoms with Crippen LogP contribution in [-0.2, 0) is 6.18 Å². The minimum Gasteiger partial charge on any atom is -0.454 e. The van der Waals surface area contributed by atoms with Crippen molar-refractivity contribution in [2.75, 3.05) is 12.5 Å². The van der Waals surface area contributed by atoms with E-state index in [0.29, 0.717) is 22.7 Å². The number of nitrogen functional groups attached to an aromatic ring is 1. The number of aromatic nitrogens is 2. The van der Waals surface area contributed by atoms with Gasteiger partial charge in [-0.2, -0.15) is 13.2 Å². The molecular weight excluding hydrogens is 491 g/mol. The van der Waals surface area contributed by atoms with Gasteiger partial charge in [-0.25, -0.2) is 4.98 Å². The SMILES string of the molecule is Nc1c(-c2ccc3c(c2)OCO3)c(=O)n(-c2ccc(Br)cc2)c2nc(C(F)(F)F)ccc12. The van der Waals surface area contributed by atoms with Crippen LogP contribution in [0.15, 0.2) is 63.9 Å². The number of anilines is 1. The number of hydrogen-bond acceptors (Lipinski definition) is 5. The zero-order valence-corrected chi connectivity index (χ0v) is 17.7. The van der Waals surface area contributed by atoms with Gasteiger partial charge in [0.15, 0.2) is 11.5 Å². The van der Waals surface area contributed by atoms with Crippen LogP contribution in [0.3, 0.4) is 0 Å². The van der Waals surface area contributed by atoms with Crippen molar-refractivity contribution in [2.24, 2.45) is 0 Å². The topological polar surface area (TPSA) is 79.4 Å². The number of nitrogens with two attached hydrogens (primary N) is 1. The second kappa shape index (κ2) is 7.27. The van der Waals surface area contributed by atoms with E-state index in [1.165, 1.54) is 6.07 Å². The Labute approximate surface area is 187 Å². The molecule has 0 aliphatic carbocycles. The molecule has 32 heavy (non-hydrogen) atoms. The van der Waals surface area contributed by atoms with Gasteiger partial charge in [-0.1, -0.05) is 22.0 Å². The van der Waals surface area contributed by atoms with Crippen LogP contribution >= 0.6 is 15.9 Å². The van der Waals surface area contributed by atoms with Crippen LogP contribution in [0.1, 0.15) is 5.69 Å². The summed E-state index contributed by atoms with van der Waals surface area (Å²) in [6, 6.07) is 13.6. The maximum Gasteiger partial charge on any atom is 0.433 e. The van der Waals surface area contributed by atoms with Gasteiger partial charge in [0.2, 0.25) is 6.79 Å². The van der Waals surface area contributed by atoms with Crippen LogP contribution in [0.2, 0.25) is 0 Å². The molecule has 10 heteroatoms. The Morgan fingerprint density at radius 1 is 1.00 bits per heavy atom. The quantitative estimate of drug-likeness (QED) is 0.409. The number of benzene rings is 2. The molecule has 0 atom stereocenters. The second-order valence-electron chi connectivity index (χ2n) is 7.04. The molecule has 0 amide bonds. The van der Waals surface area contributed by atoms with E-state index in [2.05, 4.69) is 20.9 Å². The van der Waals surface area contributed by atoms with Gasteiger partial charge in [-0.05, 0) is 54.1 Å². The van der Waals surface area contributed by atoms with Crippen LogP contribution in [0.5, 0.6) is 11.5 Å². The van der Waals surface area contributed by atoms with E-state index < -0.39 is 17.4 Å². The minimum absolute atomic E-state index is 0.0263. The number of halogens is 4. The number of ether oxygens (including phenoxy) is 2. The van der Waals surface area contributed by atoms with E-state index in [-0.39, 0.29) is 29.1 Å². The fraction of sp³-hybridized carbons (Fsp3) is 0.0909. The van der Waals surface area contributed by atoms with E-state index >= 15 is 0 Å². The molecule has 0 spiro atoms. The van der Waals surface area contributed by atoms with Gasteiger partial charge < -0.3 is 15.2 Å². The molecular formula is C22H13BrF3N3O3. The Morgan fingerprint density at radius 2 is 1.72 bits per heavy atom. The summed E-state index contributed by atoms with van der Waals surface area (Å²) in [5.41, 5.74) is 5.34. The molecule has 0 bridgehead atoms. The summed E-state index contributed by atoms with van der Waals surface area (Å²) in [5, 5.41) is 0.216. The first-order valence-electron chi connectivity index (χ1n) is 9.32. The number of pyridine rings is 2. The fourth-order valence-electron chi connectivity index (χ4n) is 3.61. The summed E-state index contributed by atoms with van der Waals surface area (Å²) in [5.74, 6) is 0.972. The van der Waals surface area contributed by atoms with E-state index in [1.807, 2.05) is 0 Å². The maximum absolute atomic E-state index is 13.6. The molecule has 2 aromatic heterocycles. The lowest BCUT2D eigenvalue weighted by atomic mass is 10.0. The number of hydrogen-bond donors (Lipinski definition) is 1. The average molecular weight is 504 g/mol. The highest BCUT2D eigenvalue weighted by atomic mass is 79.9. The number of fused-ring (bicyclic) bond motifs is 2. The van der Waals surface area contributed by atoms with Crippen LogP contribution in [0, 0.1) is 0 Å². The highest BCUT2D eigenvalue weighted by Gasteiger charge is 2.33. The number of nitrogens with zero attached hydrogens (tertiary/aromatic N) is 2. The minimum atomic E-state index is -4.68. The first-order valence-corrected chi connectivity index (χ1v) is 10.1. The summed E-state index contributed by atoms with van der Waals surface area (Å²) in [6.45, 7) is 0.0548. The van der Waals surface area contributed by atoms with Gasteiger partial charge in [0.1, 0.15) is 11.3 Å². The maximum atomic E-state index is 13.6. The molecule has 3 heterocycles. The van der Waals surface area contributed by atoms with Crippen molar-refractivity contribution in [3.05, 3.63) is 75.1 Å². The highest BCUT2D eigenvalue weighted by Crippen LogP contribution is 2.38. The van der Waals surface area contributed by atoms with Crippen LogP contribution in [0.25, 0.3) is 27.8 Å². The van der Waals surface area contributed by atoms with Crippen LogP contribution < -0.4 is 20.8 Å². The fourth-order valence-corrected chi connectivity index (χ4v) is 3.87. The number of alkyl halides is 3. The zero-order valence-electron chi connectivity index (χ0n) is 16.1. The molecule has 2 N–H and O–H groups in total. The monoisotopic (exact) mass is 503 g/mol. The Balaban J connectivity index is 1.87. The largest absolute Gasteiger partial charge is 0.454 e. The van der Waals surface area contributed by atoms with Gasteiger partial charge >= 0.3 is 6.18 Å². The van der Waals surface area contributed by atoms with Gasteiger partial charge in [-0.15, -0.1) is 0 Å². The summed E-state index contributed by atoms with van der Waals surface area (Å²) in [7, 11) is 0. The lowest BCUT2D eigenvalue weighted by molar-refractivity contribution is -0.141.